The van der Waals surface area contributed by atoms with Gasteiger partial charge < -0.3 is 5.73 Å². The van der Waals surface area contributed by atoms with Gasteiger partial charge in [-0.2, -0.15) is 0 Å². The summed E-state index contributed by atoms with van der Waals surface area (Å²) in [6.45, 7) is 3.73. The normalized spacial score (nSPS) is 12.7. The number of rotatable bonds is 5. The van der Waals surface area contributed by atoms with Crippen molar-refractivity contribution in [1.29, 1.82) is 0 Å². The van der Waals surface area contributed by atoms with Crippen LogP contribution in [0, 0.1) is 5.92 Å². The molecule has 0 radical (unpaired) electrons. The van der Waals surface area contributed by atoms with Crippen LogP contribution in [0.3, 0.4) is 0 Å². The lowest BCUT2D eigenvalue weighted by molar-refractivity contribution is 0.304. The molecule has 0 spiro atoms. The maximum absolute atomic E-state index is 5.57. The Balaban J connectivity index is 2.43. The number of nitrogens with zero attached hydrogens (tertiary/aromatic N) is 2. The zero-order valence-electron chi connectivity index (χ0n) is 9.18. The molecular weight excluding hydrogens is 206 g/mol. The molecule has 0 bridgehead atoms. The first-order chi connectivity index (χ1) is 7.09. The molecule has 1 aromatic rings. The van der Waals surface area contributed by atoms with Gasteiger partial charge in [0.1, 0.15) is 0 Å². The third-order valence-electron chi connectivity index (χ3n) is 2.23. The lowest BCUT2D eigenvalue weighted by Crippen LogP contribution is -2.31. The van der Waals surface area contributed by atoms with Crippen LogP contribution in [0.5, 0.6) is 0 Å². The fourth-order valence-electron chi connectivity index (χ4n) is 1.39. The first-order valence-corrected chi connectivity index (χ1v) is 5.38. The summed E-state index contributed by atoms with van der Waals surface area (Å²) in [5.41, 5.74) is 6.63. The van der Waals surface area contributed by atoms with Crippen molar-refractivity contribution in [1.82, 2.24) is 9.88 Å². The number of thiocarbonyl (C=S) groups is 1. The van der Waals surface area contributed by atoms with Gasteiger partial charge in [0.2, 0.25) is 0 Å². The van der Waals surface area contributed by atoms with E-state index in [1.54, 1.807) is 6.20 Å². The van der Waals surface area contributed by atoms with Gasteiger partial charge in [-0.05, 0) is 19.2 Å². The fourth-order valence-corrected chi connectivity index (χ4v) is 1.46. The van der Waals surface area contributed by atoms with Gasteiger partial charge in [0.25, 0.3) is 0 Å². The van der Waals surface area contributed by atoms with Crippen molar-refractivity contribution in [2.75, 3.05) is 13.6 Å². The Morgan fingerprint density at radius 2 is 2.33 bits per heavy atom. The van der Waals surface area contributed by atoms with Gasteiger partial charge in [-0.15, -0.1) is 0 Å². The highest BCUT2D eigenvalue weighted by Crippen LogP contribution is 2.03. The Hall–Kier alpha value is -1.00. The van der Waals surface area contributed by atoms with Gasteiger partial charge in [0.15, 0.2) is 0 Å². The molecule has 1 atom stereocenters. The Kier molecular flexibility index (Phi) is 4.65. The molecule has 82 valence electrons. The monoisotopic (exact) mass is 223 g/mol. The predicted molar refractivity (Wildman–Crippen MR) is 66.5 cm³/mol. The molecule has 1 unspecified atom stereocenters. The Morgan fingerprint density at radius 3 is 2.87 bits per heavy atom. The van der Waals surface area contributed by atoms with Crippen LogP contribution in [-0.2, 0) is 6.54 Å². The Bertz CT molecular complexity index is 313. The van der Waals surface area contributed by atoms with E-state index < -0.39 is 0 Å². The molecule has 0 aliphatic carbocycles. The van der Waals surface area contributed by atoms with Crippen molar-refractivity contribution in [3.8, 4) is 0 Å². The molecule has 15 heavy (non-hydrogen) atoms. The van der Waals surface area contributed by atoms with E-state index in [1.807, 2.05) is 32.2 Å². The maximum atomic E-state index is 5.57. The molecule has 3 nitrogen and oxygen atoms in total. The molecule has 1 rings (SSSR count). The number of nitrogens with two attached hydrogens (primary N) is 1. The van der Waals surface area contributed by atoms with Crippen molar-refractivity contribution in [2.24, 2.45) is 11.7 Å². The van der Waals surface area contributed by atoms with Gasteiger partial charge in [0.05, 0.1) is 10.7 Å². The molecule has 0 saturated carbocycles. The fraction of sp³-hybridized carbons (Fsp3) is 0.455. The van der Waals surface area contributed by atoms with Crippen molar-refractivity contribution < 1.29 is 0 Å². The van der Waals surface area contributed by atoms with Crippen molar-refractivity contribution in [2.45, 2.75) is 13.5 Å². The van der Waals surface area contributed by atoms with E-state index in [-0.39, 0.29) is 5.92 Å². The van der Waals surface area contributed by atoms with Crippen LogP contribution < -0.4 is 5.73 Å². The average Bonchev–Trinajstić information content (AvgIpc) is 2.18. The Morgan fingerprint density at radius 1 is 1.60 bits per heavy atom. The summed E-state index contributed by atoms with van der Waals surface area (Å²) in [5, 5.41) is 0. The number of hydrogen-bond donors (Lipinski definition) is 1. The highest BCUT2D eigenvalue weighted by atomic mass is 32.1. The van der Waals surface area contributed by atoms with E-state index in [9.17, 15) is 0 Å². The first-order valence-electron chi connectivity index (χ1n) is 4.97. The van der Waals surface area contributed by atoms with Crippen LogP contribution in [0.2, 0.25) is 0 Å². The van der Waals surface area contributed by atoms with E-state index >= 15 is 0 Å². The second-order valence-corrected chi connectivity index (χ2v) is 4.29. The van der Waals surface area contributed by atoms with Gasteiger partial charge in [0, 0.05) is 25.2 Å². The van der Waals surface area contributed by atoms with Crippen LogP contribution in [-0.4, -0.2) is 28.5 Å². The smallest absolute Gasteiger partial charge is 0.0768 e. The predicted octanol–water partition coefficient (Wildman–Crippen LogP) is 1.44. The third kappa shape index (κ3) is 4.36. The van der Waals surface area contributed by atoms with E-state index in [2.05, 4.69) is 9.88 Å². The van der Waals surface area contributed by atoms with Crippen molar-refractivity contribution in [3.63, 3.8) is 0 Å². The summed E-state index contributed by atoms with van der Waals surface area (Å²) >= 11 is 4.94. The summed E-state index contributed by atoms with van der Waals surface area (Å²) in [6, 6.07) is 5.93. The maximum Gasteiger partial charge on any atom is 0.0768 e. The minimum absolute atomic E-state index is 0.244. The van der Waals surface area contributed by atoms with Gasteiger partial charge >= 0.3 is 0 Å². The number of hydrogen-bond acceptors (Lipinski definition) is 3. The minimum Gasteiger partial charge on any atom is -0.393 e. The van der Waals surface area contributed by atoms with Gasteiger partial charge in [-0.25, -0.2) is 0 Å². The second kappa shape index (κ2) is 5.78. The summed E-state index contributed by atoms with van der Waals surface area (Å²) < 4.78 is 0. The molecular formula is C11H17N3S. The minimum atomic E-state index is 0.244. The van der Waals surface area contributed by atoms with Crippen molar-refractivity contribution in [3.05, 3.63) is 30.1 Å². The molecule has 1 heterocycles. The topological polar surface area (TPSA) is 42.2 Å². The Labute approximate surface area is 96.3 Å². The zero-order chi connectivity index (χ0) is 11.3. The third-order valence-corrected chi connectivity index (χ3v) is 2.63. The van der Waals surface area contributed by atoms with Gasteiger partial charge in [-0.1, -0.05) is 25.2 Å². The quantitative estimate of drug-likeness (QED) is 0.767. The zero-order valence-corrected chi connectivity index (χ0v) is 10.00. The summed E-state index contributed by atoms with van der Waals surface area (Å²) in [5.74, 6) is 0.244. The molecule has 0 saturated heterocycles. The molecule has 0 aliphatic heterocycles. The largest absolute Gasteiger partial charge is 0.393 e. The van der Waals surface area contributed by atoms with E-state index in [1.165, 1.54) is 0 Å². The van der Waals surface area contributed by atoms with Crippen molar-refractivity contribution >= 4 is 17.2 Å². The summed E-state index contributed by atoms with van der Waals surface area (Å²) in [7, 11) is 2.05. The van der Waals surface area contributed by atoms with Gasteiger partial charge in [-0.3, -0.25) is 9.88 Å². The standard InChI is InChI=1S/C11H17N3S/c1-9(11(12)15)7-14(2)8-10-5-3-4-6-13-10/h3-6,9H,7-8H2,1-2H3,(H2,12,15). The average molecular weight is 223 g/mol. The molecule has 0 aromatic carbocycles. The molecule has 0 fully saturated rings. The van der Waals surface area contributed by atoms with E-state index in [0.717, 1.165) is 18.8 Å². The highest BCUT2D eigenvalue weighted by molar-refractivity contribution is 7.80. The molecule has 0 amide bonds. The molecule has 1 aromatic heterocycles. The van der Waals surface area contributed by atoms with Crippen LogP contribution in [0.25, 0.3) is 0 Å². The van der Waals surface area contributed by atoms with E-state index in [4.69, 9.17) is 18.0 Å². The highest BCUT2D eigenvalue weighted by Gasteiger charge is 2.09. The lowest BCUT2D eigenvalue weighted by Gasteiger charge is -2.19. The second-order valence-electron chi connectivity index (χ2n) is 3.82. The van der Waals surface area contributed by atoms with Crippen LogP contribution in [0.1, 0.15) is 12.6 Å². The number of pyridine rings is 1. The van der Waals surface area contributed by atoms with Crippen LogP contribution in [0.15, 0.2) is 24.4 Å². The van der Waals surface area contributed by atoms with Crippen LogP contribution >= 0.6 is 12.2 Å². The number of aromatic nitrogens is 1. The van der Waals surface area contributed by atoms with Crippen LogP contribution in [0.4, 0.5) is 0 Å². The van der Waals surface area contributed by atoms with E-state index in [0.29, 0.717) is 4.99 Å². The molecule has 2 N–H and O–H groups in total. The molecule has 4 heteroatoms. The lowest BCUT2D eigenvalue weighted by atomic mass is 10.1. The summed E-state index contributed by atoms with van der Waals surface area (Å²) in [6.07, 6.45) is 1.81. The SMILES string of the molecule is CC(CN(C)Cc1ccccn1)C(N)=S. The summed E-state index contributed by atoms with van der Waals surface area (Å²) in [4.78, 5) is 7.01. The molecule has 0 aliphatic rings. The first kappa shape index (κ1) is 12.1.